The molecular formula is C18H24N4O2. The number of carbonyl (C=O) groups excluding carboxylic acids is 1. The van der Waals surface area contributed by atoms with Crippen molar-refractivity contribution in [2.75, 3.05) is 32.0 Å². The molecule has 6 nitrogen and oxygen atoms in total. The number of likely N-dealkylation sites (N-methyl/N-ethyl adjacent to an activating group) is 1. The predicted octanol–water partition coefficient (Wildman–Crippen LogP) is 2.30. The number of amides is 1. The van der Waals surface area contributed by atoms with E-state index in [4.69, 9.17) is 4.52 Å². The van der Waals surface area contributed by atoms with E-state index in [1.54, 1.807) is 13.0 Å². The first-order valence-electron chi connectivity index (χ1n) is 8.28. The van der Waals surface area contributed by atoms with Crippen molar-refractivity contribution in [1.82, 2.24) is 15.0 Å². The monoisotopic (exact) mass is 328 g/mol. The molecule has 1 fully saturated rings. The second kappa shape index (κ2) is 7.15. The zero-order valence-electron chi connectivity index (χ0n) is 14.4. The molecule has 2 aromatic rings. The van der Waals surface area contributed by atoms with Crippen LogP contribution in [0.2, 0.25) is 0 Å². The Labute approximate surface area is 142 Å². The summed E-state index contributed by atoms with van der Waals surface area (Å²) in [7, 11) is 2.11. The van der Waals surface area contributed by atoms with Crippen LogP contribution in [0.5, 0.6) is 0 Å². The van der Waals surface area contributed by atoms with Gasteiger partial charge in [-0.1, -0.05) is 35.5 Å². The third-order valence-corrected chi connectivity index (χ3v) is 4.46. The summed E-state index contributed by atoms with van der Waals surface area (Å²) in [6.07, 6.45) is 0. The van der Waals surface area contributed by atoms with Crippen molar-refractivity contribution in [3.8, 4) is 0 Å². The van der Waals surface area contributed by atoms with Crippen LogP contribution < -0.4 is 5.32 Å². The second-order valence-electron chi connectivity index (χ2n) is 6.47. The molecule has 2 atom stereocenters. The molecule has 0 aliphatic carbocycles. The maximum absolute atomic E-state index is 13.0. The molecule has 1 aliphatic rings. The van der Waals surface area contributed by atoms with Gasteiger partial charge < -0.3 is 14.7 Å². The van der Waals surface area contributed by atoms with Crippen molar-refractivity contribution in [3.63, 3.8) is 0 Å². The molecule has 0 radical (unpaired) electrons. The van der Waals surface area contributed by atoms with Gasteiger partial charge in [-0.05, 0) is 26.5 Å². The Bertz CT molecular complexity index is 685. The highest BCUT2D eigenvalue weighted by Gasteiger charge is 2.34. The fourth-order valence-electron chi connectivity index (χ4n) is 3.29. The summed E-state index contributed by atoms with van der Waals surface area (Å²) >= 11 is 0. The number of benzene rings is 1. The lowest BCUT2D eigenvalue weighted by Gasteiger charge is -2.42. The molecule has 0 unspecified atom stereocenters. The second-order valence-corrected chi connectivity index (χ2v) is 6.47. The van der Waals surface area contributed by atoms with Crippen molar-refractivity contribution < 1.29 is 9.32 Å². The van der Waals surface area contributed by atoms with Crippen LogP contribution in [-0.4, -0.2) is 53.6 Å². The van der Waals surface area contributed by atoms with Crippen molar-refractivity contribution in [3.05, 3.63) is 47.7 Å². The van der Waals surface area contributed by atoms with E-state index >= 15 is 0 Å². The van der Waals surface area contributed by atoms with E-state index in [0.717, 1.165) is 25.2 Å². The van der Waals surface area contributed by atoms with Gasteiger partial charge in [0.2, 0.25) is 5.91 Å². The number of anilines is 1. The summed E-state index contributed by atoms with van der Waals surface area (Å²) in [4.78, 5) is 17.6. The standard InChI is InChI=1S/C18H24N4O2/c1-13-12-21(3)9-10-22(13)17(15-7-5-4-6-8-15)18(23)19-16-11-14(2)24-20-16/h4-8,11,13,17H,9-10,12H2,1-3H3,(H,19,20,23)/t13-,17+/m1/s1. The Morgan fingerprint density at radius 3 is 2.71 bits per heavy atom. The molecule has 3 rings (SSSR count). The van der Waals surface area contributed by atoms with E-state index in [1.807, 2.05) is 30.3 Å². The molecular weight excluding hydrogens is 304 g/mol. The van der Waals surface area contributed by atoms with Gasteiger partial charge in [0.05, 0.1) is 0 Å². The molecule has 2 heterocycles. The minimum Gasteiger partial charge on any atom is -0.360 e. The zero-order valence-corrected chi connectivity index (χ0v) is 14.4. The van der Waals surface area contributed by atoms with Gasteiger partial charge in [-0.2, -0.15) is 0 Å². The molecule has 0 bridgehead atoms. The Hall–Kier alpha value is -2.18. The number of carbonyl (C=O) groups is 1. The highest BCUT2D eigenvalue weighted by Crippen LogP contribution is 2.26. The molecule has 1 saturated heterocycles. The maximum Gasteiger partial charge on any atom is 0.247 e. The van der Waals surface area contributed by atoms with Crippen LogP contribution in [-0.2, 0) is 4.79 Å². The summed E-state index contributed by atoms with van der Waals surface area (Å²) in [5, 5.41) is 6.77. The molecule has 128 valence electrons. The van der Waals surface area contributed by atoms with E-state index < -0.39 is 0 Å². The number of hydrogen-bond donors (Lipinski definition) is 1. The first-order valence-corrected chi connectivity index (χ1v) is 8.28. The Morgan fingerprint density at radius 2 is 2.08 bits per heavy atom. The largest absolute Gasteiger partial charge is 0.360 e. The number of nitrogens with zero attached hydrogens (tertiary/aromatic N) is 3. The molecule has 1 aliphatic heterocycles. The van der Waals surface area contributed by atoms with E-state index in [2.05, 4.69) is 34.2 Å². The van der Waals surface area contributed by atoms with Crippen molar-refractivity contribution in [2.24, 2.45) is 0 Å². The van der Waals surface area contributed by atoms with Gasteiger partial charge in [-0.15, -0.1) is 0 Å². The number of rotatable bonds is 4. The van der Waals surface area contributed by atoms with E-state index in [9.17, 15) is 4.79 Å². The molecule has 1 amide bonds. The lowest BCUT2D eigenvalue weighted by Crippen LogP contribution is -2.53. The van der Waals surface area contributed by atoms with Crippen LogP contribution in [0.4, 0.5) is 5.82 Å². The average Bonchev–Trinajstić information content (AvgIpc) is 2.96. The van der Waals surface area contributed by atoms with Crippen LogP contribution in [0.15, 0.2) is 40.9 Å². The third-order valence-electron chi connectivity index (χ3n) is 4.46. The number of piperazine rings is 1. The van der Waals surface area contributed by atoms with Crippen LogP contribution in [0.3, 0.4) is 0 Å². The topological polar surface area (TPSA) is 61.6 Å². The van der Waals surface area contributed by atoms with Crippen molar-refractivity contribution >= 4 is 11.7 Å². The molecule has 6 heteroatoms. The Kier molecular flexibility index (Phi) is 4.97. The summed E-state index contributed by atoms with van der Waals surface area (Å²) in [6, 6.07) is 11.6. The van der Waals surface area contributed by atoms with Gasteiger partial charge in [0.15, 0.2) is 5.82 Å². The SMILES string of the molecule is Cc1cc(NC(=O)[C@H](c2ccccc2)N2CCN(C)C[C@H]2C)no1. The molecule has 0 spiro atoms. The molecule has 24 heavy (non-hydrogen) atoms. The van der Waals surface area contributed by atoms with Gasteiger partial charge in [-0.25, -0.2) is 0 Å². The summed E-state index contributed by atoms with van der Waals surface area (Å²) in [5.74, 6) is 1.06. The Balaban J connectivity index is 1.86. The molecule has 1 aromatic carbocycles. The molecule has 1 aromatic heterocycles. The minimum atomic E-state index is -0.341. The quantitative estimate of drug-likeness (QED) is 0.933. The van der Waals surface area contributed by atoms with E-state index in [1.165, 1.54) is 0 Å². The first kappa shape index (κ1) is 16.7. The average molecular weight is 328 g/mol. The normalized spacial score (nSPS) is 20.7. The van der Waals surface area contributed by atoms with Crippen LogP contribution in [0.1, 0.15) is 24.3 Å². The van der Waals surface area contributed by atoms with Gasteiger partial charge >= 0.3 is 0 Å². The maximum atomic E-state index is 13.0. The van der Waals surface area contributed by atoms with Crippen molar-refractivity contribution in [1.29, 1.82) is 0 Å². The van der Waals surface area contributed by atoms with Crippen LogP contribution >= 0.6 is 0 Å². The number of aryl methyl sites for hydroxylation is 1. The number of aromatic nitrogens is 1. The van der Waals surface area contributed by atoms with Crippen molar-refractivity contribution in [2.45, 2.75) is 25.9 Å². The van der Waals surface area contributed by atoms with Gasteiger partial charge in [0.25, 0.3) is 0 Å². The summed E-state index contributed by atoms with van der Waals surface area (Å²) < 4.78 is 5.05. The summed E-state index contributed by atoms with van der Waals surface area (Å²) in [5.41, 5.74) is 0.992. The lowest BCUT2D eigenvalue weighted by molar-refractivity contribution is -0.123. The smallest absolute Gasteiger partial charge is 0.247 e. The highest BCUT2D eigenvalue weighted by atomic mass is 16.5. The number of hydrogen-bond acceptors (Lipinski definition) is 5. The number of nitrogens with one attached hydrogen (secondary N) is 1. The van der Waals surface area contributed by atoms with E-state index in [0.29, 0.717) is 17.6 Å². The van der Waals surface area contributed by atoms with E-state index in [-0.39, 0.29) is 11.9 Å². The zero-order chi connectivity index (χ0) is 17.1. The highest BCUT2D eigenvalue weighted by molar-refractivity contribution is 5.94. The van der Waals surface area contributed by atoms with Crippen LogP contribution in [0.25, 0.3) is 0 Å². The lowest BCUT2D eigenvalue weighted by atomic mass is 10.0. The van der Waals surface area contributed by atoms with Gasteiger partial charge in [0, 0.05) is 31.7 Å². The fourth-order valence-corrected chi connectivity index (χ4v) is 3.29. The fraction of sp³-hybridized carbons (Fsp3) is 0.444. The van der Waals surface area contributed by atoms with Gasteiger partial charge in [-0.3, -0.25) is 9.69 Å². The summed E-state index contributed by atoms with van der Waals surface area (Å²) in [6.45, 7) is 6.71. The third kappa shape index (κ3) is 3.66. The predicted molar refractivity (Wildman–Crippen MR) is 92.7 cm³/mol. The first-order chi connectivity index (χ1) is 11.5. The minimum absolute atomic E-state index is 0.0779. The van der Waals surface area contributed by atoms with Crippen LogP contribution in [0, 0.1) is 6.92 Å². The molecule has 0 saturated carbocycles. The molecule has 1 N–H and O–H groups in total. The van der Waals surface area contributed by atoms with Gasteiger partial charge in [0.1, 0.15) is 11.8 Å². The Morgan fingerprint density at radius 1 is 1.33 bits per heavy atom.